The lowest BCUT2D eigenvalue weighted by molar-refractivity contribution is -0.130. The molecular weight excluding hydrogens is 338 g/mol. The van der Waals surface area contributed by atoms with Crippen LogP contribution in [0.15, 0.2) is 24.3 Å². The molecule has 26 heavy (non-hydrogen) atoms. The molecule has 3 N–H and O–H groups in total. The topological polar surface area (TPSA) is 106 Å². The van der Waals surface area contributed by atoms with E-state index in [9.17, 15) is 14.4 Å². The van der Waals surface area contributed by atoms with Gasteiger partial charge in [-0.25, -0.2) is 0 Å². The van der Waals surface area contributed by atoms with Crippen LogP contribution in [0.5, 0.6) is 11.5 Å². The molecule has 144 valence electrons. The standard InChI is InChI=1S/C18H27N3O5/c1-4-25-14-7-5-6-8-15(14)26-12-18(24)21-20-17(23)11-19-16(22)10-9-13(2)3/h5-8,13H,4,9-12H2,1-3H3,(H,19,22)(H,20,23)(H,21,24). The maximum atomic E-state index is 11.7. The number of carbonyl (C=O) groups excluding carboxylic acids is 3. The van der Waals surface area contributed by atoms with Gasteiger partial charge in [0.1, 0.15) is 0 Å². The number of nitrogens with one attached hydrogen (secondary N) is 3. The summed E-state index contributed by atoms with van der Waals surface area (Å²) in [6.07, 6.45) is 1.12. The zero-order valence-corrected chi connectivity index (χ0v) is 15.5. The Labute approximate surface area is 153 Å². The maximum absolute atomic E-state index is 11.7. The first-order chi connectivity index (χ1) is 12.4. The molecule has 0 aromatic heterocycles. The normalized spacial score (nSPS) is 10.2. The molecule has 0 unspecified atom stereocenters. The molecule has 8 heteroatoms. The fourth-order valence-corrected chi connectivity index (χ4v) is 1.89. The van der Waals surface area contributed by atoms with E-state index in [1.165, 1.54) is 0 Å². The van der Waals surface area contributed by atoms with E-state index in [1.807, 2.05) is 20.8 Å². The third-order valence-corrected chi connectivity index (χ3v) is 3.24. The lowest BCUT2D eigenvalue weighted by Gasteiger charge is -2.12. The minimum atomic E-state index is -0.532. The highest BCUT2D eigenvalue weighted by molar-refractivity contribution is 5.86. The predicted molar refractivity (Wildman–Crippen MR) is 96.5 cm³/mol. The van der Waals surface area contributed by atoms with Crippen LogP contribution in [0.1, 0.15) is 33.6 Å². The van der Waals surface area contributed by atoms with Gasteiger partial charge in [-0.15, -0.1) is 0 Å². The Morgan fingerprint density at radius 2 is 1.58 bits per heavy atom. The van der Waals surface area contributed by atoms with Crippen LogP contribution in [0.3, 0.4) is 0 Å². The van der Waals surface area contributed by atoms with Crippen LogP contribution in [0, 0.1) is 5.92 Å². The summed E-state index contributed by atoms with van der Waals surface area (Å²) in [5.41, 5.74) is 4.44. The first-order valence-corrected chi connectivity index (χ1v) is 8.61. The molecule has 3 amide bonds. The van der Waals surface area contributed by atoms with E-state index in [0.717, 1.165) is 6.42 Å². The van der Waals surface area contributed by atoms with Crippen molar-refractivity contribution in [2.24, 2.45) is 5.92 Å². The Morgan fingerprint density at radius 1 is 0.962 bits per heavy atom. The van der Waals surface area contributed by atoms with Crippen molar-refractivity contribution >= 4 is 17.7 Å². The molecule has 0 fully saturated rings. The molecule has 0 saturated heterocycles. The summed E-state index contributed by atoms with van der Waals surface area (Å²) < 4.78 is 10.8. The SMILES string of the molecule is CCOc1ccccc1OCC(=O)NNC(=O)CNC(=O)CCC(C)C. The van der Waals surface area contributed by atoms with Crippen LogP contribution < -0.4 is 25.6 Å². The first kappa shape index (κ1) is 21.3. The van der Waals surface area contributed by atoms with Gasteiger partial charge in [0, 0.05) is 6.42 Å². The Hall–Kier alpha value is -2.77. The van der Waals surface area contributed by atoms with Crippen LogP contribution in [-0.4, -0.2) is 37.5 Å². The van der Waals surface area contributed by atoms with E-state index < -0.39 is 11.8 Å². The average molecular weight is 365 g/mol. The van der Waals surface area contributed by atoms with Gasteiger partial charge in [-0.1, -0.05) is 26.0 Å². The predicted octanol–water partition coefficient (Wildman–Crippen LogP) is 1.16. The van der Waals surface area contributed by atoms with Crippen molar-refractivity contribution < 1.29 is 23.9 Å². The average Bonchev–Trinajstić information content (AvgIpc) is 2.62. The van der Waals surface area contributed by atoms with Crippen LogP contribution in [0.2, 0.25) is 0 Å². The van der Waals surface area contributed by atoms with Gasteiger partial charge >= 0.3 is 0 Å². The van der Waals surface area contributed by atoms with Gasteiger partial charge in [-0.05, 0) is 31.4 Å². The molecule has 0 bridgehead atoms. The Kier molecular flexibility index (Phi) is 9.59. The Morgan fingerprint density at radius 3 is 2.19 bits per heavy atom. The summed E-state index contributed by atoms with van der Waals surface area (Å²) in [6, 6.07) is 6.98. The van der Waals surface area contributed by atoms with Crippen molar-refractivity contribution in [1.29, 1.82) is 0 Å². The molecule has 0 spiro atoms. The van der Waals surface area contributed by atoms with E-state index in [4.69, 9.17) is 9.47 Å². The van der Waals surface area contributed by atoms with Gasteiger partial charge < -0.3 is 14.8 Å². The minimum absolute atomic E-state index is 0.198. The number of amides is 3. The molecule has 1 aromatic rings. The lowest BCUT2D eigenvalue weighted by atomic mass is 10.1. The number of benzene rings is 1. The number of hydrazine groups is 1. The van der Waals surface area contributed by atoms with E-state index in [-0.39, 0.29) is 19.1 Å². The molecule has 0 heterocycles. The van der Waals surface area contributed by atoms with Crippen molar-refractivity contribution in [2.45, 2.75) is 33.6 Å². The number of hydrogen-bond donors (Lipinski definition) is 3. The Balaban J connectivity index is 2.25. The summed E-state index contributed by atoms with van der Waals surface area (Å²) in [6.45, 7) is 5.87. The molecule has 1 rings (SSSR count). The number of ether oxygens (including phenoxy) is 2. The molecule has 0 aliphatic heterocycles. The van der Waals surface area contributed by atoms with Crippen molar-refractivity contribution in [3.05, 3.63) is 24.3 Å². The highest BCUT2D eigenvalue weighted by atomic mass is 16.5. The molecular formula is C18H27N3O5. The monoisotopic (exact) mass is 365 g/mol. The van der Waals surface area contributed by atoms with Crippen LogP contribution in [0.4, 0.5) is 0 Å². The largest absolute Gasteiger partial charge is 0.490 e. The van der Waals surface area contributed by atoms with Gasteiger partial charge in [0.15, 0.2) is 18.1 Å². The first-order valence-electron chi connectivity index (χ1n) is 8.61. The summed E-state index contributed by atoms with van der Waals surface area (Å²) in [4.78, 5) is 34.9. The van der Waals surface area contributed by atoms with Crippen LogP contribution in [0.25, 0.3) is 0 Å². The molecule has 0 aliphatic carbocycles. The second-order valence-electron chi connectivity index (χ2n) is 5.97. The highest BCUT2D eigenvalue weighted by Gasteiger charge is 2.10. The summed E-state index contributed by atoms with van der Waals surface area (Å²) >= 11 is 0. The lowest BCUT2D eigenvalue weighted by Crippen LogP contribution is -2.47. The minimum Gasteiger partial charge on any atom is -0.490 e. The zero-order valence-electron chi connectivity index (χ0n) is 15.5. The molecule has 0 radical (unpaired) electrons. The molecule has 0 atom stereocenters. The van der Waals surface area contributed by atoms with Crippen LogP contribution >= 0.6 is 0 Å². The van der Waals surface area contributed by atoms with Gasteiger partial charge in [-0.2, -0.15) is 0 Å². The fraction of sp³-hybridized carbons (Fsp3) is 0.500. The van der Waals surface area contributed by atoms with Gasteiger partial charge in [-0.3, -0.25) is 25.2 Å². The van der Waals surface area contributed by atoms with Crippen molar-refractivity contribution in [3.8, 4) is 11.5 Å². The van der Waals surface area contributed by atoms with Crippen molar-refractivity contribution in [1.82, 2.24) is 16.2 Å². The van der Waals surface area contributed by atoms with Crippen molar-refractivity contribution in [2.75, 3.05) is 19.8 Å². The van der Waals surface area contributed by atoms with Crippen molar-refractivity contribution in [3.63, 3.8) is 0 Å². The van der Waals surface area contributed by atoms with E-state index in [2.05, 4.69) is 16.2 Å². The number of rotatable bonds is 10. The number of hydrogen-bond acceptors (Lipinski definition) is 5. The summed E-state index contributed by atoms with van der Waals surface area (Å²) in [5.74, 6) is 0.142. The summed E-state index contributed by atoms with van der Waals surface area (Å²) in [7, 11) is 0. The second kappa shape index (κ2) is 11.7. The molecule has 8 nitrogen and oxygen atoms in total. The third-order valence-electron chi connectivity index (χ3n) is 3.24. The zero-order chi connectivity index (χ0) is 19.4. The highest BCUT2D eigenvalue weighted by Crippen LogP contribution is 2.26. The van der Waals surface area contributed by atoms with Crippen LogP contribution in [-0.2, 0) is 14.4 Å². The fourth-order valence-electron chi connectivity index (χ4n) is 1.89. The number of carbonyl (C=O) groups is 3. The van der Waals surface area contributed by atoms with E-state index in [1.54, 1.807) is 24.3 Å². The van der Waals surface area contributed by atoms with Gasteiger partial charge in [0.05, 0.1) is 13.2 Å². The second-order valence-corrected chi connectivity index (χ2v) is 5.97. The quantitative estimate of drug-likeness (QED) is 0.540. The molecule has 0 aliphatic rings. The Bertz CT molecular complexity index is 604. The number of para-hydroxylation sites is 2. The summed E-state index contributed by atoms with van der Waals surface area (Å²) in [5, 5.41) is 2.49. The maximum Gasteiger partial charge on any atom is 0.276 e. The third kappa shape index (κ3) is 8.91. The van der Waals surface area contributed by atoms with E-state index in [0.29, 0.717) is 30.4 Å². The van der Waals surface area contributed by atoms with Gasteiger partial charge in [0.25, 0.3) is 11.8 Å². The molecule has 0 saturated carbocycles. The van der Waals surface area contributed by atoms with Gasteiger partial charge in [0.2, 0.25) is 5.91 Å². The smallest absolute Gasteiger partial charge is 0.276 e. The van der Waals surface area contributed by atoms with E-state index >= 15 is 0 Å². The molecule has 1 aromatic carbocycles.